The molecule has 0 atom stereocenters. The van der Waals surface area contributed by atoms with Crippen LogP contribution in [0.1, 0.15) is 97.8 Å². The normalized spacial score (nSPS) is 11.1. The van der Waals surface area contributed by atoms with Gasteiger partial charge in [-0.3, -0.25) is 4.79 Å². The van der Waals surface area contributed by atoms with Gasteiger partial charge >= 0.3 is 5.97 Å². The lowest BCUT2D eigenvalue weighted by Crippen LogP contribution is -2.31. The Morgan fingerprint density at radius 2 is 1.27 bits per heavy atom. The highest BCUT2D eigenvalue weighted by molar-refractivity contribution is 5.69. The maximum absolute atomic E-state index is 11.5. The monoisotopic (exact) mass is 317 g/mol. The van der Waals surface area contributed by atoms with E-state index in [1.54, 1.807) is 13.8 Å². The van der Waals surface area contributed by atoms with Crippen molar-refractivity contribution in [1.82, 2.24) is 6.15 Å². The Morgan fingerprint density at radius 1 is 0.864 bits per heavy atom. The fourth-order valence-electron chi connectivity index (χ4n) is 2.33. The van der Waals surface area contributed by atoms with Gasteiger partial charge in [0.2, 0.25) is 0 Å². The molecule has 0 radical (unpaired) electrons. The molecule has 0 aromatic carbocycles. The highest BCUT2D eigenvalue weighted by Gasteiger charge is 2.20. The first kappa shape index (κ1) is 23.7. The third-order valence-electron chi connectivity index (χ3n) is 3.76. The van der Waals surface area contributed by atoms with E-state index in [0.717, 1.165) is 12.8 Å². The van der Waals surface area contributed by atoms with Gasteiger partial charge in [-0.1, -0.05) is 71.1 Å². The van der Waals surface area contributed by atoms with Crippen LogP contribution in [0, 0.1) is 0 Å². The number of aliphatic hydroxyl groups is 1. The second-order valence-electron chi connectivity index (χ2n) is 6.68. The van der Waals surface area contributed by atoms with Crippen LogP contribution in [0.4, 0.5) is 0 Å². The molecule has 0 saturated heterocycles. The third-order valence-corrected chi connectivity index (χ3v) is 3.76. The third kappa shape index (κ3) is 15.8. The van der Waals surface area contributed by atoms with Crippen molar-refractivity contribution in [2.24, 2.45) is 0 Å². The Morgan fingerprint density at radius 3 is 1.68 bits per heavy atom. The molecule has 0 aromatic heterocycles. The van der Waals surface area contributed by atoms with Gasteiger partial charge in [0, 0.05) is 6.42 Å². The average Bonchev–Trinajstić information content (AvgIpc) is 2.44. The van der Waals surface area contributed by atoms with Crippen molar-refractivity contribution in [3.63, 3.8) is 0 Å². The van der Waals surface area contributed by atoms with Crippen LogP contribution >= 0.6 is 0 Å². The van der Waals surface area contributed by atoms with Gasteiger partial charge in [0.05, 0.1) is 6.61 Å². The average molecular weight is 318 g/mol. The molecule has 0 saturated carbocycles. The van der Waals surface area contributed by atoms with Gasteiger partial charge in [-0.2, -0.15) is 0 Å². The van der Waals surface area contributed by atoms with Crippen LogP contribution in [-0.2, 0) is 9.53 Å². The molecule has 0 amide bonds. The Hall–Kier alpha value is -0.610. The van der Waals surface area contributed by atoms with Crippen molar-refractivity contribution in [3.8, 4) is 0 Å². The summed E-state index contributed by atoms with van der Waals surface area (Å²) in [6, 6.07) is 0. The summed E-state index contributed by atoms with van der Waals surface area (Å²) in [6.07, 6.45) is 14.5. The summed E-state index contributed by atoms with van der Waals surface area (Å²) in [6.45, 7) is 5.58. The number of esters is 1. The first-order valence-corrected chi connectivity index (χ1v) is 8.84. The van der Waals surface area contributed by atoms with Crippen LogP contribution in [0.2, 0.25) is 0 Å². The van der Waals surface area contributed by atoms with Gasteiger partial charge in [0.1, 0.15) is 5.60 Å². The van der Waals surface area contributed by atoms with E-state index in [0.29, 0.717) is 6.42 Å². The minimum absolute atomic E-state index is 0. The number of rotatable bonds is 14. The zero-order valence-electron chi connectivity index (χ0n) is 15.2. The Kier molecular flexibility index (Phi) is 16.4. The molecule has 0 aliphatic rings. The Balaban J connectivity index is 0. The summed E-state index contributed by atoms with van der Waals surface area (Å²) in [4.78, 5) is 11.5. The van der Waals surface area contributed by atoms with Gasteiger partial charge in [0.15, 0.2) is 0 Å². The number of unbranched alkanes of at least 4 members (excludes halogenated alkanes) is 10. The molecule has 0 aliphatic carbocycles. The maximum Gasteiger partial charge on any atom is 0.306 e. The number of hydrogen-bond donors (Lipinski definition) is 2. The molecule has 0 aromatic rings. The molecule has 0 fully saturated rings. The van der Waals surface area contributed by atoms with E-state index in [1.807, 2.05) is 0 Å². The predicted molar refractivity (Wildman–Crippen MR) is 93.4 cm³/mol. The van der Waals surface area contributed by atoms with Crippen molar-refractivity contribution < 1.29 is 14.6 Å². The molecule has 0 heterocycles. The summed E-state index contributed by atoms with van der Waals surface area (Å²) in [7, 11) is 0. The van der Waals surface area contributed by atoms with E-state index >= 15 is 0 Å². The fraction of sp³-hybridized carbons (Fsp3) is 0.944. The quantitative estimate of drug-likeness (QED) is 0.342. The summed E-state index contributed by atoms with van der Waals surface area (Å²) in [5.41, 5.74) is -0.741. The Bertz CT molecular complexity index is 255. The molecule has 134 valence electrons. The molecule has 0 rings (SSSR count). The molecule has 4 N–H and O–H groups in total. The lowest BCUT2D eigenvalue weighted by atomic mass is 10.1. The van der Waals surface area contributed by atoms with Gasteiger partial charge in [-0.05, 0) is 20.3 Å². The largest absolute Gasteiger partial charge is 0.457 e. The minimum atomic E-state index is -0.741. The van der Waals surface area contributed by atoms with E-state index in [9.17, 15) is 4.79 Å². The molecule has 4 heteroatoms. The molecular weight excluding hydrogens is 278 g/mol. The van der Waals surface area contributed by atoms with Gasteiger partial charge < -0.3 is 16.0 Å². The van der Waals surface area contributed by atoms with Crippen LogP contribution in [0.5, 0.6) is 0 Å². The second-order valence-corrected chi connectivity index (χ2v) is 6.68. The first-order valence-electron chi connectivity index (χ1n) is 8.84. The van der Waals surface area contributed by atoms with E-state index in [2.05, 4.69) is 6.92 Å². The van der Waals surface area contributed by atoms with Gasteiger partial charge in [0.25, 0.3) is 0 Å². The van der Waals surface area contributed by atoms with Gasteiger partial charge in [-0.25, -0.2) is 0 Å². The molecule has 22 heavy (non-hydrogen) atoms. The van der Waals surface area contributed by atoms with E-state index in [1.165, 1.54) is 57.8 Å². The molecular formula is C18H39NO3. The smallest absolute Gasteiger partial charge is 0.306 e. The number of ether oxygens (including phenoxy) is 1. The molecule has 0 aliphatic heterocycles. The second kappa shape index (κ2) is 15.3. The molecule has 0 unspecified atom stereocenters. The maximum atomic E-state index is 11.5. The molecule has 0 bridgehead atoms. The lowest BCUT2D eigenvalue weighted by molar-refractivity contribution is -0.160. The van der Waals surface area contributed by atoms with E-state index < -0.39 is 5.60 Å². The summed E-state index contributed by atoms with van der Waals surface area (Å²) in [5.74, 6) is -0.190. The zero-order chi connectivity index (χ0) is 16.0. The fourth-order valence-corrected chi connectivity index (χ4v) is 2.33. The first-order chi connectivity index (χ1) is 10.0. The van der Waals surface area contributed by atoms with Gasteiger partial charge in [-0.15, -0.1) is 0 Å². The van der Waals surface area contributed by atoms with Crippen LogP contribution in [0.25, 0.3) is 0 Å². The highest BCUT2D eigenvalue weighted by Crippen LogP contribution is 2.14. The van der Waals surface area contributed by atoms with Crippen molar-refractivity contribution in [1.29, 1.82) is 0 Å². The summed E-state index contributed by atoms with van der Waals surface area (Å²) in [5, 5.41) is 9.03. The van der Waals surface area contributed by atoms with Crippen LogP contribution in [0.3, 0.4) is 0 Å². The minimum Gasteiger partial charge on any atom is -0.457 e. The van der Waals surface area contributed by atoms with Crippen LogP contribution in [-0.4, -0.2) is 23.3 Å². The standard InChI is InChI=1S/C18H36O3.H3N/c1-4-5-6-7-8-9-10-11-12-13-14-15-17(20)21-18(2,3)16-19;/h19H,4-16H2,1-3H3;1H3. The van der Waals surface area contributed by atoms with Crippen molar-refractivity contribution >= 4 is 5.97 Å². The van der Waals surface area contributed by atoms with Crippen LogP contribution in [0.15, 0.2) is 0 Å². The van der Waals surface area contributed by atoms with Crippen molar-refractivity contribution in [2.75, 3.05) is 6.61 Å². The highest BCUT2D eigenvalue weighted by atomic mass is 16.6. The molecule has 0 spiro atoms. The van der Waals surface area contributed by atoms with E-state index in [4.69, 9.17) is 9.84 Å². The topological polar surface area (TPSA) is 81.5 Å². The zero-order valence-corrected chi connectivity index (χ0v) is 15.2. The Labute approximate surface area is 137 Å². The van der Waals surface area contributed by atoms with Crippen molar-refractivity contribution in [2.45, 2.75) is 103 Å². The summed E-state index contributed by atoms with van der Waals surface area (Å²) >= 11 is 0. The molecule has 4 nitrogen and oxygen atoms in total. The number of aliphatic hydroxyl groups excluding tert-OH is 1. The van der Waals surface area contributed by atoms with Crippen molar-refractivity contribution in [3.05, 3.63) is 0 Å². The van der Waals surface area contributed by atoms with E-state index in [-0.39, 0.29) is 18.7 Å². The number of hydrogen-bond acceptors (Lipinski definition) is 4. The summed E-state index contributed by atoms with van der Waals surface area (Å²) < 4.78 is 5.19. The predicted octanol–water partition coefficient (Wildman–Crippen LogP) is 5.16. The number of carbonyl (C=O) groups is 1. The SMILES string of the molecule is CCCCCCCCCCCCCC(=O)OC(C)(C)CO.N. The lowest BCUT2D eigenvalue weighted by Gasteiger charge is -2.22. The van der Waals surface area contributed by atoms with Crippen LogP contribution < -0.4 is 6.15 Å². The number of carbonyl (C=O) groups excluding carboxylic acids is 1.